The molecule has 3 fully saturated rings. The van der Waals surface area contributed by atoms with Crippen LogP contribution < -0.4 is 10.6 Å². The van der Waals surface area contributed by atoms with E-state index in [4.69, 9.17) is 4.74 Å². The Bertz CT molecular complexity index is 1180. The molecule has 0 unspecified atom stereocenters. The smallest absolute Gasteiger partial charge is 0.246 e. The highest BCUT2D eigenvalue weighted by atomic mass is 16.5. The van der Waals surface area contributed by atoms with Gasteiger partial charge in [0.1, 0.15) is 11.6 Å². The van der Waals surface area contributed by atoms with Crippen molar-refractivity contribution in [2.75, 3.05) is 32.0 Å². The first kappa shape index (κ1) is 30.7. The second kappa shape index (κ2) is 12.5. The second-order valence-electron chi connectivity index (χ2n) is 13.5. The summed E-state index contributed by atoms with van der Waals surface area (Å²) in [5.41, 5.74) is 0.750. The van der Waals surface area contributed by atoms with Crippen LogP contribution in [0, 0.1) is 23.7 Å². The molecule has 230 valence electrons. The third-order valence-corrected chi connectivity index (χ3v) is 10.4. The van der Waals surface area contributed by atoms with Crippen molar-refractivity contribution >= 4 is 23.4 Å². The summed E-state index contributed by atoms with van der Waals surface area (Å²) in [5, 5.41) is 6.38. The summed E-state index contributed by atoms with van der Waals surface area (Å²) in [5.74, 6) is -0.707. The number of likely N-dealkylation sites (tertiary alicyclic amines) is 1. The zero-order chi connectivity index (χ0) is 30.2. The summed E-state index contributed by atoms with van der Waals surface area (Å²) in [6.07, 6.45) is 8.62. The fraction of sp³-hybridized carbons (Fsp3) is 0.676. The molecule has 8 nitrogen and oxygen atoms in total. The molecular weight excluding hydrogens is 528 g/mol. The number of nitrogens with zero attached hydrogens (tertiary/aromatic N) is 2. The van der Waals surface area contributed by atoms with E-state index >= 15 is 0 Å². The van der Waals surface area contributed by atoms with Gasteiger partial charge in [0.15, 0.2) is 0 Å². The van der Waals surface area contributed by atoms with E-state index in [0.29, 0.717) is 36.5 Å². The number of unbranched alkanes of at least 4 members (excludes halogenated alkanes) is 1. The number of amides is 3. The number of carbonyl (C=O) groups is 3. The number of rotatable bonds is 11. The molecule has 3 aliphatic heterocycles. The molecule has 42 heavy (non-hydrogen) atoms. The van der Waals surface area contributed by atoms with Crippen LogP contribution in [0.2, 0.25) is 0 Å². The minimum absolute atomic E-state index is 0.0661. The van der Waals surface area contributed by atoms with Crippen LogP contribution in [0.15, 0.2) is 36.4 Å². The molecule has 2 N–H and O–H groups in total. The van der Waals surface area contributed by atoms with E-state index in [0.717, 1.165) is 32.2 Å². The Morgan fingerprint density at radius 1 is 1.12 bits per heavy atom. The molecule has 2 bridgehead atoms. The van der Waals surface area contributed by atoms with E-state index < -0.39 is 29.6 Å². The Hall–Kier alpha value is -2.71. The van der Waals surface area contributed by atoms with Gasteiger partial charge in [-0.05, 0) is 61.9 Å². The molecule has 3 heterocycles. The van der Waals surface area contributed by atoms with Gasteiger partial charge in [-0.25, -0.2) is 0 Å². The van der Waals surface area contributed by atoms with Crippen LogP contribution >= 0.6 is 0 Å². The van der Waals surface area contributed by atoms with Crippen molar-refractivity contribution < 1.29 is 19.1 Å². The van der Waals surface area contributed by atoms with E-state index in [1.807, 2.05) is 36.4 Å². The first-order valence-electron chi connectivity index (χ1n) is 16.1. The van der Waals surface area contributed by atoms with Crippen LogP contribution in [-0.2, 0) is 19.1 Å². The average molecular weight is 579 g/mol. The van der Waals surface area contributed by atoms with Crippen LogP contribution in [0.4, 0.5) is 5.69 Å². The number of benzene rings is 1. The maximum absolute atomic E-state index is 14.2. The molecule has 3 amide bonds. The van der Waals surface area contributed by atoms with Crippen molar-refractivity contribution in [2.45, 2.75) is 96.4 Å². The number of likely N-dealkylation sites (N-methyl/N-ethyl adjacent to an activating group) is 1. The Labute approximate surface area is 251 Å². The summed E-state index contributed by atoms with van der Waals surface area (Å²) >= 11 is 0. The van der Waals surface area contributed by atoms with Gasteiger partial charge in [-0.15, -0.1) is 0 Å². The predicted octanol–water partition coefficient (Wildman–Crippen LogP) is 4.57. The molecule has 8 heteroatoms. The average Bonchev–Trinajstić information content (AvgIpc) is 3.60. The fourth-order valence-electron chi connectivity index (χ4n) is 7.55. The molecular formula is C34H50N4O4. The first-order chi connectivity index (χ1) is 20.1. The first-order valence-corrected chi connectivity index (χ1v) is 16.1. The summed E-state index contributed by atoms with van der Waals surface area (Å²) < 4.78 is 6.54. The maximum Gasteiger partial charge on any atom is 0.246 e. The molecule has 8 atom stereocenters. The fourth-order valence-corrected chi connectivity index (χ4v) is 7.55. The van der Waals surface area contributed by atoms with Crippen molar-refractivity contribution in [1.29, 1.82) is 0 Å². The predicted molar refractivity (Wildman–Crippen MR) is 165 cm³/mol. The Balaban J connectivity index is 1.40. The van der Waals surface area contributed by atoms with Gasteiger partial charge in [-0.2, -0.15) is 0 Å². The SMILES string of the molecule is CCCCN(C)CCN1C(=O)[C@H]2[C@H](C(=O)Nc3ccc(C(C)C)cc3)[C@H]3C=C[C@@]2(O3)[C@@H]1C(=O)N[C@@H]1CCC[C@H](C)[C@@H]1C. The topological polar surface area (TPSA) is 91.0 Å². The number of fused-ring (bicyclic) bond motifs is 1. The van der Waals surface area contributed by atoms with Gasteiger partial charge in [0, 0.05) is 24.8 Å². The summed E-state index contributed by atoms with van der Waals surface area (Å²) in [6, 6.07) is 7.11. The van der Waals surface area contributed by atoms with Crippen molar-refractivity contribution in [1.82, 2.24) is 15.1 Å². The Morgan fingerprint density at radius 3 is 2.55 bits per heavy atom. The Morgan fingerprint density at radius 2 is 1.86 bits per heavy atom. The van der Waals surface area contributed by atoms with E-state index in [-0.39, 0.29) is 23.8 Å². The normalized spacial score (nSPS) is 33.5. The van der Waals surface area contributed by atoms with Gasteiger partial charge in [0.25, 0.3) is 0 Å². The minimum Gasteiger partial charge on any atom is -0.359 e. The monoisotopic (exact) mass is 578 g/mol. The lowest BCUT2D eigenvalue weighted by Crippen LogP contribution is -2.58. The number of anilines is 1. The zero-order valence-corrected chi connectivity index (χ0v) is 26.3. The lowest BCUT2D eigenvalue weighted by atomic mass is 9.73. The maximum atomic E-state index is 14.2. The molecule has 2 saturated heterocycles. The summed E-state index contributed by atoms with van der Waals surface area (Å²) in [7, 11) is 2.05. The van der Waals surface area contributed by atoms with Crippen LogP contribution in [-0.4, -0.2) is 78.0 Å². The highest BCUT2D eigenvalue weighted by Crippen LogP contribution is 2.55. The quantitative estimate of drug-likeness (QED) is 0.376. The molecule has 1 aromatic rings. The van der Waals surface area contributed by atoms with E-state index in [9.17, 15) is 14.4 Å². The third kappa shape index (κ3) is 5.64. The highest BCUT2D eigenvalue weighted by Gasteiger charge is 2.72. The standard InChI is InChI=1S/C34H50N4O4/c1-7-8-18-37(6)19-20-38-30(32(40)36-26-11-9-10-22(4)23(26)5)34-17-16-27(42-34)28(29(34)33(38)41)31(39)35-25-14-12-24(13-15-25)21(2)3/h12-17,21-23,26-30H,7-11,18-20H2,1-6H3,(H,35,39)(H,36,40)/t22-,23-,26+,27+,28+,29+,30-,34-/m0/s1. The van der Waals surface area contributed by atoms with E-state index in [1.165, 1.54) is 12.0 Å². The van der Waals surface area contributed by atoms with Gasteiger partial charge in [-0.3, -0.25) is 14.4 Å². The van der Waals surface area contributed by atoms with Crippen molar-refractivity contribution in [2.24, 2.45) is 23.7 Å². The van der Waals surface area contributed by atoms with E-state index in [1.54, 1.807) is 4.90 Å². The molecule has 0 radical (unpaired) electrons. The minimum atomic E-state index is -1.14. The van der Waals surface area contributed by atoms with Crippen molar-refractivity contribution in [3.05, 3.63) is 42.0 Å². The second-order valence-corrected chi connectivity index (χ2v) is 13.5. The van der Waals surface area contributed by atoms with Crippen molar-refractivity contribution in [3.8, 4) is 0 Å². The van der Waals surface area contributed by atoms with Gasteiger partial charge < -0.3 is 25.2 Å². The molecule has 5 rings (SSSR count). The van der Waals surface area contributed by atoms with E-state index in [2.05, 4.69) is 57.2 Å². The van der Waals surface area contributed by atoms with Crippen LogP contribution in [0.25, 0.3) is 0 Å². The molecule has 1 aliphatic carbocycles. The zero-order valence-electron chi connectivity index (χ0n) is 26.3. The number of hydrogen-bond acceptors (Lipinski definition) is 5. The van der Waals surface area contributed by atoms with Crippen LogP contribution in [0.3, 0.4) is 0 Å². The summed E-state index contributed by atoms with van der Waals surface area (Å²) in [4.78, 5) is 46.1. The third-order valence-electron chi connectivity index (χ3n) is 10.4. The number of ether oxygens (including phenoxy) is 1. The van der Waals surface area contributed by atoms with Gasteiger partial charge in [0.2, 0.25) is 17.7 Å². The van der Waals surface area contributed by atoms with Crippen LogP contribution in [0.1, 0.15) is 78.2 Å². The highest BCUT2D eigenvalue weighted by molar-refractivity contribution is 6.02. The van der Waals surface area contributed by atoms with Gasteiger partial charge in [-0.1, -0.05) is 78.2 Å². The number of nitrogens with one attached hydrogen (secondary N) is 2. The number of hydrogen-bond donors (Lipinski definition) is 2. The molecule has 1 saturated carbocycles. The van der Waals surface area contributed by atoms with Gasteiger partial charge >= 0.3 is 0 Å². The summed E-state index contributed by atoms with van der Waals surface area (Å²) in [6.45, 7) is 12.9. The molecule has 4 aliphatic rings. The van der Waals surface area contributed by atoms with Crippen molar-refractivity contribution in [3.63, 3.8) is 0 Å². The number of carbonyl (C=O) groups excluding carboxylic acids is 3. The molecule has 1 spiro atoms. The van der Waals surface area contributed by atoms with Crippen LogP contribution in [0.5, 0.6) is 0 Å². The molecule has 0 aromatic heterocycles. The molecule has 1 aromatic carbocycles. The Kier molecular flexibility index (Phi) is 9.14. The lowest BCUT2D eigenvalue weighted by molar-refractivity contribution is -0.141. The lowest BCUT2D eigenvalue weighted by Gasteiger charge is -2.38. The largest absolute Gasteiger partial charge is 0.359 e. The van der Waals surface area contributed by atoms with Gasteiger partial charge in [0.05, 0.1) is 17.9 Å².